The summed E-state index contributed by atoms with van der Waals surface area (Å²) in [5.41, 5.74) is 5.68. The topological polar surface area (TPSA) is 116 Å². The molecule has 0 aliphatic heterocycles. The first kappa shape index (κ1) is 31.7. The standard InChI is InChI=1S/C36H38N4O4/c1-23-13-5-9-17-29(23)37-33(41)21-27(35(43)39-31-19-11-7-15-25(31)3)28(36(44)40-32-20-12-8-16-26(32)4)22-34(42)38-30-18-10-6-14-24(30)2/h5-20,27-28H,21-22H2,1-4H3,(H,37,41)(H,38,42)(H,39,43)(H,40,44). The predicted octanol–water partition coefficient (Wildman–Crippen LogP) is 6.79. The molecule has 4 aromatic carbocycles. The van der Waals surface area contributed by atoms with Crippen LogP contribution in [-0.2, 0) is 19.2 Å². The van der Waals surface area contributed by atoms with E-state index >= 15 is 0 Å². The van der Waals surface area contributed by atoms with Crippen LogP contribution in [0.5, 0.6) is 0 Å². The summed E-state index contributed by atoms with van der Waals surface area (Å²) in [5.74, 6) is -4.31. The minimum Gasteiger partial charge on any atom is -0.326 e. The lowest BCUT2D eigenvalue weighted by Gasteiger charge is -2.26. The van der Waals surface area contributed by atoms with Crippen molar-refractivity contribution < 1.29 is 19.2 Å². The molecule has 4 aromatic rings. The summed E-state index contributed by atoms with van der Waals surface area (Å²) in [6, 6.07) is 29.1. The van der Waals surface area contributed by atoms with E-state index < -0.39 is 35.5 Å². The lowest BCUT2D eigenvalue weighted by molar-refractivity contribution is -0.134. The van der Waals surface area contributed by atoms with Crippen molar-refractivity contribution >= 4 is 46.4 Å². The third-order valence-corrected chi connectivity index (χ3v) is 7.61. The van der Waals surface area contributed by atoms with Gasteiger partial charge in [-0.15, -0.1) is 0 Å². The highest BCUT2D eigenvalue weighted by molar-refractivity contribution is 6.05. The third-order valence-electron chi connectivity index (χ3n) is 7.61. The molecule has 4 N–H and O–H groups in total. The second-order valence-electron chi connectivity index (χ2n) is 11.0. The molecule has 44 heavy (non-hydrogen) atoms. The zero-order chi connectivity index (χ0) is 31.6. The molecule has 0 spiro atoms. The number of nitrogens with one attached hydrogen (secondary N) is 4. The van der Waals surface area contributed by atoms with Crippen LogP contribution in [0.25, 0.3) is 0 Å². The van der Waals surface area contributed by atoms with Crippen molar-refractivity contribution in [1.82, 2.24) is 0 Å². The van der Waals surface area contributed by atoms with Gasteiger partial charge in [-0.2, -0.15) is 0 Å². The van der Waals surface area contributed by atoms with Crippen molar-refractivity contribution in [3.05, 3.63) is 119 Å². The molecule has 0 heterocycles. The molecule has 0 saturated carbocycles. The maximum atomic E-state index is 14.0. The third kappa shape index (κ3) is 8.41. The van der Waals surface area contributed by atoms with Crippen molar-refractivity contribution in [2.24, 2.45) is 11.8 Å². The van der Waals surface area contributed by atoms with Gasteiger partial charge in [-0.05, 0) is 74.2 Å². The normalized spacial score (nSPS) is 12.0. The fourth-order valence-electron chi connectivity index (χ4n) is 4.94. The van der Waals surface area contributed by atoms with Gasteiger partial charge in [-0.3, -0.25) is 19.2 Å². The van der Waals surface area contributed by atoms with Gasteiger partial charge in [0.25, 0.3) is 0 Å². The SMILES string of the molecule is Cc1ccccc1NC(=O)CC(C(=O)Nc1ccccc1C)C(CC(=O)Nc1ccccc1C)C(=O)Nc1ccccc1C. The first-order chi connectivity index (χ1) is 21.1. The van der Waals surface area contributed by atoms with Gasteiger partial charge in [-0.25, -0.2) is 0 Å². The molecular weight excluding hydrogens is 552 g/mol. The fourth-order valence-corrected chi connectivity index (χ4v) is 4.94. The molecule has 0 aliphatic carbocycles. The van der Waals surface area contributed by atoms with E-state index in [4.69, 9.17) is 0 Å². The Morgan fingerprint density at radius 2 is 0.682 bits per heavy atom. The highest BCUT2D eigenvalue weighted by atomic mass is 16.2. The van der Waals surface area contributed by atoms with E-state index in [2.05, 4.69) is 21.3 Å². The van der Waals surface area contributed by atoms with Crippen molar-refractivity contribution in [3.8, 4) is 0 Å². The highest BCUT2D eigenvalue weighted by Gasteiger charge is 2.37. The van der Waals surface area contributed by atoms with Gasteiger partial charge in [-0.1, -0.05) is 72.8 Å². The summed E-state index contributed by atoms with van der Waals surface area (Å²) in [7, 11) is 0. The molecule has 8 heteroatoms. The smallest absolute Gasteiger partial charge is 0.228 e. The molecule has 226 valence electrons. The molecule has 2 unspecified atom stereocenters. The van der Waals surface area contributed by atoms with Crippen molar-refractivity contribution in [2.75, 3.05) is 21.3 Å². The Morgan fingerprint density at radius 3 is 0.955 bits per heavy atom. The van der Waals surface area contributed by atoms with Crippen LogP contribution in [-0.4, -0.2) is 23.6 Å². The summed E-state index contributed by atoms with van der Waals surface area (Å²) >= 11 is 0. The molecule has 4 rings (SSSR count). The van der Waals surface area contributed by atoms with E-state index in [0.29, 0.717) is 22.7 Å². The maximum absolute atomic E-state index is 14.0. The van der Waals surface area contributed by atoms with Gasteiger partial charge < -0.3 is 21.3 Å². The van der Waals surface area contributed by atoms with Gasteiger partial charge in [0.05, 0.1) is 11.8 Å². The van der Waals surface area contributed by atoms with Gasteiger partial charge in [0.15, 0.2) is 0 Å². The fraction of sp³-hybridized carbons (Fsp3) is 0.222. The zero-order valence-corrected chi connectivity index (χ0v) is 25.4. The van der Waals surface area contributed by atoms with Crippen molar-refractivity contribution in [1.29, 1.82) is 0 Å². The minimum atomic E-state index is -1.18. The van der Waals surface area contributed by atoms with Crippen LogP contribution in [0.2, 0.25) is 0 Å². The average molecular weight is 591 g/mol. The lowest BCUT2D eigenvalue weighted by atomic mass is 9.84. The largest absolute Gasteiger partial charge is 0.326 e. The number of amides is 4. The predicted molar refractivity (Wildman–Crippen MR) is 175 cm³/mol. The van der Waals surface area contributed by atoms with Crippen molar-refractivity contribution in [2.45, 2.75) is 40.5 Å². The molecule has 0 fully saturated rings. The Hall–Kier alpha value is -5.24. The summed E-state index contributed by atoms with van der Waals surface area (Å²) in [6.07, 6.45) is -0.648. The van der Waals surface area contributed by atoms with E-state index in [1.165, 1.54) is 0 Å². The molecule has 2 atom stereocenters. The average Bonchev–Trinajstić information content (AvgIpc) is 2.99. The van der Waals surface area contributed by atoms with Gasteiger partial charge in [0.2, 0.25) is 23.6 Å². The van der Waals surface area contributed by atoms with E-state index in [1.54, 1.807) is 48.5 Å². The molecule has 0 aromatic heterocycles. The number of hydrogen-bond acceptors (Lipinski definition) is 4. The number of rotatable bonds is 11. The van der Waals surface area contributed by atoms with Gasteiger partial charge in [0, 0.05) is 35.6 Å². The van der Waals surface area contributed by atoms with E-state index in [1.807, 2.05) is 76.2 Å². The number of carbonyl (C=O) groups excluding carboxylic acids is 4. The molecule has 0 aliphatic rings. The van der Waals surface area contributed by atoms with Crippen LogP contribution in [0.3, 0.4) is 0 Å². The Balaban J connectivity index is 1.69. The monoisotopic (exact) mass is 590 g/mol. The number of anilines is 4. The first-order valence-electron chi connectivity index (χ1n) is 14.6. The van der Waals surface area contributed by atoms with Gasteiger partial charge in [0.1, 0.15) is 0 Å². The van der Waals surface area contributed by atoms with E-state index in [0.717, 1.165) is 22.3 Å². The first-order valence-corrected chi connectivity index (χ1v) is 14.6. The second-order valence-corrected chi connectivity index (χ2v) is 11.0. The van der Waals surface area contributed by atoms with Crippen LogP contribution in [0.4, 0.5) is 22.7 Å². The van der Waals surface area contributed by atoms with Crippen LogP contribution in [0.1, 0.15) is 35.1 Å². The quantitative estimate of drug-likeness (QED) is 0.154. The van der Waals surface area contributed by atoms with Gasteiger partial charge >= 0.3 is 0 Å². The van der Waals surface area contributed by atoms with Crippen LogP contribution in [0.15, 0.2) is 97.1 Å². The minimum absolute atomic E-state index is 0.324. The van der Waals surface area contributed by atoms with Crippen LogP contribution >= 0.6 is 0 Å². The second kappa shape index (κ2) is 14.8. The van der Waals surface area contributed by atoms with Crippen LogP contribution in [0, 0.1) is 39.5 Å². The summed E-state index contributed by atoms with van der Waals surface area (Å²) in [5, 5.41) is 11.6. The maximum Gasteiger partial charge on any atom is 0.228 e. The summed E-state index contributed by atoms with van der Waals surface area (Å²) in [4.78, 5) is 54.8. The molecule has 8 nitrogen and oxygen atoms in total. The number of benzene rings is 4. The Bertz CT molecular complexity index is 1540. The van der Waals surface area contributed by atoms with Crippen molar-refractivity contribution in [3.63, 3.8) is 0 Å². The molecule has 0 saturated heterocycles. The molecule has 4 amide bonds. The number of carbonyl (C=O) groups is 4. The number of aryl methyl sites for hydroxylation is 4. The Labute approximate surface area is 258 Å². The highest BCUT2D eigenvalue weighted by Crippen LogP contribution is 2.28. The van der Waals surface area contributed by atoms with Crippen LogP contribution < -0.4 is 21.3 Å². The van der Waals surface area contributed by atoms with E-state index in [9.17, 15) is 19.2 Å². The van der Waals surface area contributed by atoms with E-state index in [-0.39, 0.29) is 12.8 Å². The Morgan fingerprint density at radius 1 is 0.432 bits per heavy atom. The lowest BCUT2D eigenvalue weighted by Crippen LogP contribution is -2.41. The number of para-hydroxylation sites is 4. The number of hydrogen-bond donors (Lipinski definition) is 4. The summed E-state index contributed by atoms with van der Waals surface area (Å²) < 4.78 is 0. The molecule has 0 bridgehead atoms. The zero-order valence-electron chi connectivity index (χ0n) is 25.4. The Kier molecular flexibility index (Phi) is 10.6. The molecular formula is C36H38N4O4. The molecule has 0 radical (unpaired) electrons. The summed E-state index contributed by atoms with van der Waals surface area (Å²) in [6.45, 7) is 7.44.